The number of allylic oxidation sites excluding steroid dienone is 1. The second-order valence-electron chi connectivity index (χ2n) is 10.1. The van der Waals surface area contributed by atoms with Crippen molar-refractivity contribution in [1.82, 2.24) is 0 Å². The predicted octanol–water partition coefficient (Wildman–Crippen LogP) is 7.72. The molecule has 1 aliphatic heterocycles. The first-order valence-electron chi connectivity index (χ1n) is 12.3. The van der Waals surface area contributed by atoms with E-state index in [-0.39, 0.29) is 5.92 Å². The minimum atomic E-state index is -0.657. The van der Waals surface area contributed by atoms with Gasteiger partial charge in [0.05, 0.1) is 12.7 Å². The van der Waals surface area contributed by atoms with Crippen LogP contribution in [0.1, 0.15) is 88.2 Å². The molecule has 166 valence electrons. The molecule has 0 bridgehead atoms. The number of benzene rings is 1. The van der Waals surface area contributed by atoms with E-state index >= 15 is 0 Å². The molecule has 4 rings (SSSR count). The van der Waals surface area contributed by atoms with Gasteiger partial charge in [-0.3, -0.25) is 0 Å². The predicted molar refractivity (Wildman–Crippen MR) is 119 cm³/mol. The van der Waals surface area contributed by atoms with Crippen LogP contribution in [-0.2, 0) is 4.74 Å². The van der Waals surface area contributed by atoms with Crippen molar-refractivity contribution in [3.8, 4) is 0 Å². The highest BCUT2D eigenvalue weighted by Crippen LogP contribution is 2.45. The fourth-order valence-corrected chi connectivity index (χ4v) is 6.45. The van der Waals surface area contributed by atoms with E-state index in [1.807, 2.05) is 6.07 Å². The fourth-order valence-electron chi connectivity index (χ4n) is 6.45. The van der Waals surface area contributed by atoms with Gasteiger partial charge in [-0.25, -0.2) is 8.78 Å². The van der Waals surface area contributed by atoms with Gasteiger partial charge in [0.2, 0.25) is 0 Å². The molecular formula is C27H38F2O. The molecule has 2 aliphatic carbocycles. The average molecular weight is 417 g/mol. The van der Waals surface area contributed by atoms with Gasteiger partial charge in [0, 0.05) is 5.92 Å². The molecule has 1 unspecified atom stereocenters. The van der Waals surface area contributed by atoms with Gasteiger partial charge < -0.3 is 4.74 Å². The highest BCUT2D eigenvalue weighted by atomic mass is 19.2. The molecule has 3 fully saturated rings. The van der Waals surface area contributed by atoms with Crippen molar-refractivity contribution in [3.63, 3.8) is 0 Å². The Hall–Kier alpha value is -1.22. The Bertz CT molecular complexity index is 719. The van der Waals surface area contributed by atoms with Gasteiger partial charge >= 0.3 is 0 Å². The summed E-state index contributed by atoms with van der Waals surface area (Å²) in [6.07, 6.45) is 17.0. The summed E-state index contributed by atoms with van der Waals surface area (Å²) in [6, 6.07) is 3.55. The van der Waals surface area contributed by atoms with Crippen LogP contribution in [0, 0.1) is 42.2 Å². The molecule has 30 heavy (non-hydrogen) atoms. The fraction of sp³-hybridized carbons (Fsp3) is 0.704. The van der Waals surface area contributed by atoms with Gasteiger partial charge in [0.15, 0.2) is 11.6 Å². The van der Waals surface area contributed by atoms with Crippen molar-refractivity contribution in [1.29, 1.82) is 0 Å². The zero-order valence-electron chi connectivity index (χ0n) is 18.7. The third-order valence-electron chi connectivity index (χ3n) is 8.34. The minimum absolute atomic E-state index is 0.188. The van der Waals surface area contributed by atoms with Gasteiger partial charge in [-0.1, -0.05) is 24.3 Å². The van der Waals surface area contributed by atoms with Crippen molar-refractivity contribution in [2.45, 2.75) is 90.1 Å². The van der Waals surface area contributed by atoms with Crippen molar-refractivity contribution >= 4 is 0 Å². The molecule has 1 nitrogen and oxygen atoms in total. The number of ether oxygens (including phenoxy) is 1. The van der Waals surface area contributed by atoms with Crippen molar-refractivity contribution in [3.05, 3.63) is 47.0 Å². The topological polar surface area (TPSA) is 9.23 Å². The van der Waals surface area contributed by atoms with Crippen LogP contribution in [0.2, 0.25) is 0 Å². The van der Waals surface area contributed by atoms with E-state index in [0.29, 0.717) is 23.1 Å². The lowest BCUT2D eigenvalue weighted by atomic mass is 9.67. The number of rotatable bonds is 4. The van der Waals surface area contributed by atoms with Crippen LogP contribution >= 0.6 is 0 Å². The Kier molecular flexibility index (Phi) is 7.28. The van der Waals surface area contributed by atoms with Crippen LogP contribution in [-0.4, -0.2) is 12.7 Å². The van der Waals surface area contributed by atoms with Crippen LogP contribution in [0.25, 0.3) is 0 Å². The maximum atomic E-state index is 14.4. The maximum Gasteiger partial charge on any atom is 0.162 e. The standard InChI is InChI=1S/C27H38F2O/c1-3-4-19-6-16-25(30-17-19)23-13-9-21(10-14-23)20-7-11-22(12-8-20)24-15-5-18(2)26(28)27(24)29/h3-5,15,19-23,25H,6-14,16-17H2,1-2H3/t19?,20?,21?,22?,23?,25-/m0/s1. The van der Waals surface area contributed by atoms with Crippen LogP contribution in [0.4, 0.5) is 8.78 Å². The summed E-state index contributed by atoms with van der Waals surface area (Å²) in [5, 5.41) is 0. The lowest BCUT2D eigenvalue weighted by Gasteiger charge is -2.41. The summed E-state index contributed by atoms with van der Waals surface area (Å²) in [7, 11) is 0. The van der Waals surface area contributed by atoms with Crippen LogP contribution in [0.3, 0.4) is 0 Å². The first kappa shape index (κ1) is 22.0. The van der Waals surface area contributed by atoms with E-state index in [1.54, 1.807) is 13.0 Å². The van der Waals surface area contributed by atoms with Crippen molar-refractivity contribution < 1.29 is 13.5 Å². The monoisotopic (exact) mass is 416 g/mol. The van der Waals surface area contributed by atoms with E-state index < -0.39 is 11.6 Å². The Morgan fingerprint density at radius 3 is 2.03 bits per heavy atom. The quantitative estimate of drug-likeness (QED) is 0.456. The van der Waals surface area contributed by atoms with E-state index in [2.05, 4.69) is 19.1 Å². The lowest BCUT2D eigenvalue weighted by molar-refractivity contribution is -0.0518. The normalized spacial score (nSPS) is 35.6. The highest BCUT2D eigenvalue weighted by molar-refractivity contribution is 5.28. The number of hydrogen-bond acceptors (Lipinski definition) is 1. The van der Waals surface area contributed by atoms with Gasteiger partial charge in [0.1, 0.15) is 0 Å². The summed E-state index contributed by atoms with van der Waals surface area (Å²) >= 11 is 0. The highest BCUT2D eigenvalue weighted by Gasteiger charge is 2.35. The average Bonchev–Trinajstić information content (AvgIpc) is 2.79. The Labute approximate surface area is 181 Å². The van der Waals surface area contributed by atoms with Crippen LogP contribution in [0.5, 0.6) is 0 Å². The van der Waals surface area contributed by atoms with Gasteiger partial charge in [-0.05, 0) is 113 Å². The Morgan fingerprint density at radius 1 is 0.800 bits per heavy atom. The third kappa shape index (κ3) is 4.82. The van der Waals surface area contributed by atoms with Gasteiger partial charge in [-0.15, -0.1) is 0 Å². The van der Waals surface area contributed by atoms with Gasteiger partial charge in [0.25, 0.3) is 0 Å². The first-order chi connectivity index (χ1) is 14.6. The summed E-state index contributed by atoms with van der Waals surface area (Å²) in [6.45, 7) is 4.62. The molecular weight excluding hydrogens is 378 g/mol. The first-order valence-corrected chi connectivity index (χ1v) is 12.3. The second kappa shape index (κ2) is 9.94. The summed E-state index contributed by atoms with van der Waals surface area (Å²) in [4.78, 5) is 0. The zero-order chi connectivity index (χ0) is 21.1. The molecule has 2 atom stereocenters. The van der Waals surface area contributed by atoms with Gasteiger partial charge in [-0.2, -0.15) is 0 Å². The van der Waals surface area contributed by atoms with Crippen LogP contribution < -0.4 is 0 Å². The smallest absolute Gasteiger partial charge is 0.162 e. The number of halogens is 2. The second-order valence-corrected chi connectivity index (χ2v) is 10.1. The van der Waals surface area contributed by atoms with Crippen molar-refractivity contribution in [2.24, 2.45) is 23.7 Å². The SMILES string of the molecule is CC=CC1CC[C@@H](C2CCC(C3CCC(c4ccc(C)c(F)c4F)CC3)CC2)OC1. The van der Waals surface area contributed by atoms with E-state index in [9.17, 15) is 8.78 Å². The van der Waals surface area contributed by atoms with Crippen LogP contribution in [0.15, 0.2) is 24.3 Å². The molecule has 0 N–H and O–H groups in total. The maximum absolute atomic E-state index is 14.4. The summed E-state index contributed by atoms with van der Waals surface area (Å²) < 4.78 is 34.6. The molecule has 0 aromatic heterocycles. The molecule has 3 aliphatic rings. The molecule has 0 amide bonds. The van der Waals surface area contributed by atoms with Crippen molar-refractivity contribution in [2.75, 3.05) is 6.61 Å². The molecule has 1 heterocycles. The van der Waals surface area contributed by atoms with E-state index in [4.69, 9.17) is 4.74 Å². The molecule has 2 saturated carbocycles. The minimum Gasteiger partial charge on any atom is -0.377 e. The summed E-state index contributed by atoms with van der Waals surface area (Å²) in [5.41, 5.74) is 1.01. The molecule has 1 saturated heterocycles. The number of aryl methyl sites for hydroxylation is 1. The molecule has 1 aromatic rings. The van der Waals surface area contributed by atoms with E-state index in [1.165, 1.54) is 51.4 Å². The Morgan fingerprint density at radius 2 is 1.43 bits per heavy atom. The largest absolute Gasteiger partial charge is 0.377 e. The Balaban J connectivity index is 1.24. The number of hydrogen-bond donors (Lipinski definition) is 0. The molecule has 0 radical (unpaired) electrons. The molecule has 3 heteroatoms. The zero-order valence-corrected chi connectivity index (χ0v) is 18.7. The summed E-state index contributed by atoms with van der Waals surface area (Å²) in [5.74, 6) is 1.87. The lowest BCUT2D eigenvalue weighted by Crippen LogP contribution is -2.35. The molecule has 0 spiro atoms. The van der Waals surface area contributed by atoms with E-state index in [0.717, 1.165) is 37.2 Å². The third-order valence-corrected chi connectivity index (χ3v) is 8.34. The molecule has 1 aromatic carbocycles.